The molecule has 0 atom stereocenters. The molecule has 0 saturated heterocycles. The molecule has 5 aromatic carbocycles. The predicted octanol–water partition coefficient (Wildman–Crippen LogP) is 4.99. The van der Waals surface area contributed by atoms with Gasteiger partial charge in [0, 0.05) is 0 Å². The van der Waals surface area contributed by atoms with Gasteiger partial charge in [-0.15, -0.1) is 0 Å². The Morgan fingerprint density at radius 1 is 0.324 bits per heavy atom. The van der Waals surface area contributed by atoms with Crippen LogP contribution in [-0.2, 0) is 0 Å². The molecule has 178 valence electrons. The van der Waals surface area contributed by atoms with Gasteiger partial charge in [-0.25, -0.2) is 0 Å². The third kappa shape index (κ3) is 3.72. The molecule has 1 aliphatic rings. The van der Waals surface area contributed by atoms with Crippen LogP contribution in [0.4, 0.5) is 0 Å². The van der Waals surface area contributed by atoms with Gasteiger partial charge < -0.3 is 0 Å². The lowest BCUT2D eigenvalue weighted by molar-refractivity contribution is 1.35. The van der Waals surface area contributed by atoms with Gasteiger partial charge in [0.05, 0.1) is 0 Å². The monoisotopic (exact) mass is 506 g/mol. The van der Waals surface area contributed by atoms with Crippen molar-refractivity contribution in [1.29, 1.82) is 0 Å². The summed E-state index contributed by atoms with van der Waals surface area (Å²) in [5, 5.41) is 7.40. The van der Waals surface area contributed by atoms with Gasteiger partial charge in [0.1, 0.15) is 7.59 Å². The Bertz CT molecular complexity index is 1340. The van der Waals surface area contributed by atoms with Crippen LogP contribution in [0.15, 0.2) is 176 Å². The molecule has 0 nitrogen and oxygen atoms in total. The summed E-state index contributed by atoms with van der Waals surface area (Å²) in [5.41, 5.74) is 0.324. The maximum atomic E-state index is 2.47. The highest BCUT2D eigenvalue weighted by atomic mass is 29.3. The van der Waals surface area contributed by atoms with Crippen LogP contribution >= 0.6 is 0 Å². The Labute approximate surface area is 222 Å². The average molecular weight is 507 g/mol. The van der Waals surface area contributed by atoms with E-state index in [9.17, 15) is 0 Å². The highest BCUT2D eigenvalue weighted by Gasteiger charge is 2.63. The van der Waals surface area contributed by atoms with Crippen LogP contribution in [0.2, 0.25) is 5.54 Å². The normalized spacial score (nSPS) is 13.6. The van der Waals surface area contributed by atoms with Crippen molar-refractivity contribution in [2.24, 2.45) is 0 Å². The van der Waals surface area contributed by atoms with E-state index >= 15 is 0 Å². The first-order chi connectivity index (χ1) is 18.4. The smallest absolute Gasteiger partial charge is 0.0798 e. The summed E-state index contributed by atoms with van der Waals surface area (Å²) in [4.78, 5) is 0. The third-order valence-corrected chi connectivity index (χ3v) is 25.5. The molecule has 0 N–H and O–H groups in total. The van der Waals surface area contributed by atoms with E-state index in [0.717, 1.165) is 0 Å². The van der Waals surface area contributed by atoms with Crippen molar-refractivity contribution < 1.29 is 0 Å². The molecule has 0 unspecified atom stereocenters. The molecule has 2 heteroatoms. The second-order valence-electron chi connectivity index (χ2n) is 9.68. The van der Waals surface area contributed by atoms with Crippen molar-refractivity contribution in [3.8, 4) is 0 Å². The van der Waals surface area contributed by atoms with E-state index in [-0.39, 0.29) is 0 Å². The summed E-state index contributed by atoms with van der Waals surface area (Å²) >= 11 is 0. The van der Waals surface area contributed by atoms with E-state index < -0.39 is 15.2 Å². The van der Waals surface area contributed by atoms with Gasteiger partial charge in [-0.05, 0) is 5.54 Å². The molecular weight excluding hydrogens is 477 g/mol. The van der Waals surface area contributed by atoms with Crippen LogP contribution in [-0.4, -0.2) is 15.2 Å². The first-order valence-electron chi connectivity index (χ1n) is 13.0. The minimum atomic E-state index is -2.71. The van der Waals surface area contributed by atoms with Gasteiger partial charge in [0.2, 0.25) is 0 Å². The number of hydrogen-bond acceptors (Lipinski definition) is 0. The van der Waals surface area contributed by atoms with Crippen LogP contribution < -0.4 is 25.9 Å². The SMILES string of the molecule is C1=CC([Si](c2ccccc2)(c2ccccc2)[Si](c2ccccc2)(c2ccccc2)c2ccccc2)C=C1. The zero-order valence-corrected chi connectivity index (χ0v) is 22.8. The Morgan fingerprint density at radius 2 is 0.595 bits per heavy atom. The lowest BCUT2D eigenvalue weighted by Gasteiger charge is -2.52. The molecule has 0 aliphatic heterocycles. The fourth-order valence-corrected chi connectivity index (χ4v) is 27.0. The van der Waals surface area contributed by atoms with Crippen molar-refractivity contribution in [3.63, 3.8) is 0 Å². The molecule has 0 aromatic heterocycles. The third-order valence-electron chi connectivity index (χ3n) is 7.92. The Hall–Kier alpha value is -3.99. The lowest BCUT2D eigenvalue weighted by atomic mass is 10.3. The molecule has 37 heavy (non-hydrogen) atoms. The van der Waals surface area contributed by atoms with E-state index in [0.29, 0.717) is 5.54 Å². The number of benzene rings is 5. The lowest BCUT2D eigenvalue weighted by Crippen LogP contribution is -2.91. The van der Waals surface area contributed by atoms with E-state index in [1.54, 1.807) is 0 Å². The van der Waals surface area contributed by atoms with Gasteiger partial charge in [0.15, 0.2) is 7.59 Å². The summed E-state index contributed by atoms with van der Waals surface area (Å²) in [5.74, 6) is 0. The van der Waals surface area contributed by atoms with Crippen LogP contribution in [0.3, 0.4) is 0 Å². The van der Waals surface area contributed by atoms with E-state index in [1.165, 1.54) is 25.9 Å². The molecule has 0 heterocycles. The highest BCUT2D eigenvalue weighted by molar-refractivity contribution is 7.64. The molecule has 5 aromatic rings. The van der Waals surface area contributed by atoms with E-state index in [4.69, 9.17) is 0 Å². The van der Waals surface area contributed by atoms with Gasteiger partial charge in [0.25, 0.3) is 0 Å². The summed E-state index contributed by atoms with van der Waals surface area (Å²) in [7, 11) is -5.37. The minimum Gasteiger partial charge on any atom is -0.0798 e. The fourth-order valence-electron chi connectivity index (χ4n) is 6.60. The number of allylic oxidation sites excluding steroid dienone is 4. The van der Waals surface area contributed by atoms with Gasteiger partial charge in [-0.2, -0.15) is 0 Å². The van der Waals surface area contributed by atoms with Crippen LogP contribution in [0.25, 0.3) is 0 Å². The van der Waals surface area contributed by atoms with Crippen molar-refractivity contribution >= 4 is 41.1 Å². The molecule has 6 rings (SSSR count). The van der Waals surface area contributed by atoms with Crippen LogP contribution in [0, 0.1) is 0 Å². The maximum absolute atomic E-state index is 2.71. The molecular formula is C35H30Si2. The fraction of sp³-hybridized carbons (Fsp3) is 0.0286. The second kappa shape index (κ2) is 10.2. The molecule has 0 fully saturated rings. The Morgan fingerprint density at radius 3 is 0.892 bits per heavy atom. The molecule has 0 amide bonds. The summed E-state index contributed by atoms with van der Waals surface area (Å²) in [6, 6.07) is 57.2. The number of hydrogen-bond donors (Lipinski definition) is 0. The first kappa shape index (κ1) is 23.4. The number of rotatable bonds is 7. The first-order valence-corrected chi connectivity index (χ1v) is 18.1. The van der Waals surface area contributed by atoms with Crippen molar-refractivity contribution in [2.75, 3.05) is 0 Å². The quantitative estimate of drug-likeness (QED) is 0.215. The van der Waals surface area contributed by atoms with Crippen molar-refractivity contribution in [3.05, 3.63) is 176 Å². The minimum absolute atomic E-state index is 0.324. The highest BCUT2D eigenvalue weighted by Crippen LogP contribution is 2.36. The summed E-state index contributed by atoms with van der Waals surface area (Å²) in [6.07, 6.45) is 9.47. The van der Waals surface area contributed by atoms with Crippen LogP contribution in [0.5, 0.6) is 0 Å². The van der Waals surface area contributed by atoms with Gasteiger partial charge in [-0.3, -0.25) is 0 Å². The topological polar surface area (TPSA) is 0 Å². The van der Waals surface area contributed by atoms with Crippen molar-refractivity contribution in [2.45, 2.75) is 5.54 Å². The zero-order chi connectivity index (χ0) is 25.0. The zero-order valence-electron chi connectivity index (χ0n) is 20.8. The molecule has 0 spiro atoms. The van der Waals surface area contributed by atoms with E-state index in [1.807, 2.05) is 0 Å². The molecule has 1 aliphatic carbocycles. The Balaban J connectivity index is 1.90. The largest absolute Gasteiger partial charge is 0.150 e. The summed E-state index contributed by atoms with van der Waals surface area (Å²) < 4.78 is 0. The Kier molecular flexibility index (Phi) is 6.44. The van der Waals surface area contributed by atoms with Crippen LogP contribution in [0.1, 0.15) is 0 Å². The molecule has 0 saturated carbocycles. The second-order valence-corrected chi connectivity index (χ2v) is 21.0. The molecule has 0 radical (unpaired) electrons. The van der Waals surface area contributed by atoms with Gasteiger partial charge >= 0.3 is 0 Å². The van der Waals surface area contributed by atoms with Crippen molar-refractivity contribution in [1.82, 2.24) is 0 Å². The standard InChI is InChI=1S/C35H30Si2/c1-6-18-30(19-7-1)36(31-20-8-2-9-21-31,32-22-10-3-11-23-32)37(35-28-16-17-29-35,33-24-12-4-13-25-33)34-26-14-5-15-27-34/h1-29,35H. The average Bonchev–Trinajstić information content (AvgIpc) is 3.53. The van der Waals surface area contributed by atoms with E-state index in [2.05, 4.69) is 176 Å². The maximum Gasteiger partial charge on any atom is 0.150 e. The van der Waals surface area contributed by atoms with Gasteiger partial charge in [-0.1, -0.05) is 202 Å². The summed E-state index contributed by atoms with van der Waals surface area (Å²) in [6.45, 7) is 0. The predicted molar refractivity (Wildman–Crippen MR) is 164 cm³/mol. The molecule has 0 bridgehead atoms.